The topological polar surface area (TPSA) is 96.8 Å². The molecular weight excluding hydrogens is 366 g/mol. The molecule has 0 aliphatic rings. The molecule has 0 atom stereocenters. The maximum atomic E-state index is 8.91. The quantitative estimate of drug-likeness (QED) is 0.548. The Bertz CT molecular complexity index is 1060. The molecule has 0 bridgehead atoms. The van der Waals surface area contributed by atoms with Crippen LogP contribution in [-0.4, -0.2) is 21.6 Å². The molecule has 0 aliphatic heterocycles. The maximum Gasteiger partial charge on any atom is 0.161 e. The zero-order chi connectivity index (χ0) is 20.5. The lowest BCUT2D eigenvalue weighted by molar-refractivity contribution is 0.266. The number of aromatic nitrogens is 3. The van der Waals surface area contributed by atoms with E-state index in [1.807, 2.05) is 55.6 Å². The third-order valence-corrected chi connectivity index (χ3v) is 3.97. The van der Waals surface area contributed by atoms with Crippen LogP contribution >= 0.6 is 0 Å². The first-order valence-electron chi connectivity index (χ1n) is 9.06. The summed E-state index contributed by atoms with van der Waals surface area (Å²) in [6, 6.07) is 18.9. The fourth-order valence-corrected chi connectivity index (χ4v) is 2.66. The Kier molecular flexibility index (Phi) is 6.59. The Hall–Kier alpha value is -4.10. The highest BCUT2D eigenvalue weighted by Gasteiger charge is 2.09. The van der Waals surface area contributed by atoms with Crippen molar-refractivity contribution in [2.75, 3.05) is 6.61 Å². The molecule has 0 N–H and O–H groups in total. The first-order valence-corrected chi connectivity index (χ1v) is 9.06. The number of hydrogen-bond donors (Lipinski definition) is 0. The number of ether oxygens (including phenoxy) is 2. The van der Waals surface area contributed by atoms with Crippen molar-refractivity contribution in [1.82, 2.24) is 15.0 Å². The second-order valence-corrected chi connectivity index (χ2v) is 6.10. The van der Waals surface area contributed by atoms with Crippen molar-refractivity contribution in [2.45, 2.75) is 20.1 Å². The van der Waals surface area contributed by atoms with Gasteiger partial charge >= 0.3 is 0 Å². The summed E-state index contributed by atoms with van der Waals surface area (Å²) < 4.78 is 13.3. The lowest BCUT2D eigenvalue weighted by atomic mass is 10.1. The summed E-state index contributed by atoms with van der Waals surface area (Å²) in [4.78, 5) is 0. The first kappa shape index (κ1) is 19.7. The van der Waals surface area contributed by atoms with Gasteiger partial charge in [0.05, 0.1) is 19.3 Å². The Morgan fingerprint density at radius 3 is 2.59 bits per heavy atom. The number of allylic oxidation sites excluding steroid dienone is 1. The van der Waals surface area contributed by atoms with Crippen molar-refractivity contribution >= 4 is 6.08 Å². The number of benzene rings is 2. The van der Waals surface area contributed by atoms with Gasteiger partial charge in [-0.1, -0.05) is 41.6 Å². The van der Waals surface area contributed by atoms with Gasteiger partial charge in [0.15, 0.2) is 11.5 Å². The Morgan fingerprint density at radius 2 is 1.86 bits per heavy atom. The monoisotopic (exact) mass is 385 g/mol. The van der Waals surface area contributed by atoms with Crippen LogP contribution in [-0.2, 0) is 13.2 Å². The van der Waals surface area contributed by atoms with Gasteiger partial charge < -0.3 is 9.47 Å². The number of nitriles is 2. The summed E-state index contributed by atoms with van der Waals surface area (Å²) in [7, 11) is 0. The molecule has 0 fully saturated rings. The van der Waals surface area contributed by atoms with Gasteiger partial charge in [-0.25, -0.2) is 4.68 Å². The Balaban J connectivity index is 1.69. The average molecular weight is 385 g/mol. The van der Waals surface area contributed by atoms with Crippen molar-refractivity contribution in [3.63, 3.8) is 0 Å². The van der Waals surface area contributed by atoms with Gasteiger partial charge in [0.25, 0.3) is 0 Å². The molecule has 0 aliphatic carbocycles. The second kappa shape index (κ2) is 9.72. The highest BCUT2D eigenvalue weighted by Crippen LogP contribution is 2.30. The molecule has 144 valence electrons. The molecule has 2 aromatic carbocycles. The van der Waals surface area contributed by atoms with Crippen LogP contribution in [0.4, 0.5) is 0 Å². The van der Waals surface area contributed by atoms with Crippen LogP contribution in [0.25, 0.3) is 6.08 Å². The summed E-state index contributed by atoms with van der Waals surface area (Å²) in [5.41, 5.74) is 2.55. The lowest BCUT2D eigenvalue weighted by Gasteiger charge is -2.11. The van der Waals surface area contributed by atoms with Gasteiger partial charge in [0, 0.05) is 0 Å². The van der Waals surface area contributed by atoms with Crippen LogP contribution in [0.1, 0.15) is 23.7 Å². The third-order valence-electron chi connectivity index (χ3n) is 3.97. The van der Waals surface area contributed by atoms with E-state index in [1.54, 1.807) is 22.9 Å². The molecular formula is C22H19N5O2. The largest absolute Gasteiger partial charge is 0.490 e. The van der Waals surface area contributed by atoms with Crippen molar-refractivity contribution in [3.8, 4) is 23.6 Å². The van der Waals surface area contributed by atoms with Crippen molar-refractivity contribution in [3.05, 3.63) is 77.1 Å². The van der Waals surface area contributed by atoms with E-state index in [2.05, 4.69) is 10.3 Å². The highest BCUT2D eigenvalue weighted by atomic mass is 16.5. The SMILES string of the molecule is CCOc1cc(C=C(C#N)C#N)ccc1OCc1cn(Cc2ccccc2)nn1. The van der Waals surface area contributed by atoms with Crippen LogP contribution in [0.5, 0.6) is 11.5 Å². The van der Waals surface area contributed by atoms with Crippen LogP contribution < -0.4 is 9.47 Å². The third kappa shape index (κ3) is 5.44. The standard InChI is InChI=1S/C22H19N5O2/c1-2-28-22-11-18(10-19(12-23)13-24)8-9-21(22)29-16-20-15-27(26-25-20)14-17-6-4-3-5-7-17/h3-11,15H,2,14,16H2,1H3. The number of nitrogens with zero attached hydrogens (tertiary/aromatic N) is 5. The van der Waals surface area contributed by atoms with E-state index in [9.17, 15) is 0 Å². The van der Waals surface area contributed by atoms with Crippen LogP contribution in [0.3, 0.4) is 0 Å². The Morgan fingerprint density at radius 1 is 1.07 bits per heavy atom. The molecule has 1 heterocycles. The van der Waals surface area contributed by atoms with Gasteiger partial charge in [-0.05, 0) is 36.3 Å². The zero-order valence-electron chi connectivity index (χ0n) is 15.9. The molecule has 0 saturated carbocycles. The van der Waals surface area contributed by atoms with Crippen molar-refractivity contribution < 1.29 is 9.47 Å². The molecule has 0 spiro atoms. The minimum Gasteiger partial charge on any atom is -0.490 e. The summed E-state index contributed by atoms with van der Waals surface area (Å²) in [6.07, 6.45) is 3.35. The first-order chi connectivity index (χ1) is 14.2. The molecule has 0 amide bonds. The molecule has 3 rings (SSSR count). The van der Waals surface area contributed by atoms with E-state index >= 15 is 0 Å². The average Bonchev–Trinajstić information content (AvgIpc) is 3.19. The van der Waals surface area contributed by atoms with E-state index in [-0.39, 0.29) is 12.2 Å². The lowest BCUT2D eigenvalue weighted by Crippen LogP contribution is -2.01. The molecule has 29 heavy (non-hydrogen) atoms. The van der Waals surface area contributed by atoms with Crippen molar-refractivity contribution in [1.29, 1.82) is 10.5 Å². The summed E-state index contributed by atoms with van der Waals surface area (Å²) in [5.74, 6) is 1.09. The van der Waals surface area contributed by atoms with E-state index in [0.29, 0.717) is 35.9 Å². The minimum absolute atomic E-state index is 0.0242. The van der Waals surface area contributed by atoms with Gasteiger partial charge in [0.2, 0.25) is 0 Å². The number of hydrogen-bond acceptors (Lipinski definition) is 6. The smallest absolute Gasteiger partial charge is 0.161 e. The molecule has 7 nitrogen and oxygen atoms in total. The summed E-state index contributed by atoms with van der Waals surface area (Å²) in [5, 5.41) is 26.1. The summed E-state index contributed by atoms with van der Waals surface area (Å²) >= 11 is 0. The molecule has 0 saturated heterocycles. The van der Waals surface area contributed by atoms with Crippen LogP contribution in [0, 0.1) is 22.7 Å². The fraction of sp³-hybridized carbons (Fsp3) is 0.182. The molecule has 3 aromatic rings. The highest BCUT2D eigenvalue weighted by molar-refractivity contribution is 5.64. The maximum absolute atomic E-state index is 8.91. The number of rotatable bonds is 8. The van der Waals surface area contributed by atoms with E-state index in [4.69, 9.17) is 20.0 Å². The normalized spacial score (nSPS) is 9.90. The van der Waals surface area contributed by atoms with Gasteiger partial charge in [-0.2, -0.15) is 10.5 Å². The zero-order valence-corrected chi connectivity index (χ0v) is 15.9. The predicted molar refractivity (Wildman–Crippen MR) is 107 cm³/mol. The molecule has 7 heteroatoms. The summed E-state index contributed by atoms with van der Waals surface area (Å²) in [6.45, 7) is 3.21. The molecule has 1 aromatic heterocycles. The van der Waals surface area contributed by atoms with Gasteiger partial charge in [-0.3, -0.25) is 0 Å². The molecule has 0 unspecified atom stereocenters. The second-order valence-electron chi connectivity index (χ2n) is 6.10. The van der Waals surface area contributed by atoms with Crippen molar-refractivity contribution in [2.24, 2.45) is 0 Å². The van der Waals surface area contributed by atoms with E-state index < -0.39 is 0 Å². The van der Waals surface area contributed by atoms with Gasteiger partial charge in [-0.15, -0.1) is 5.10 Å². The van der Waals surface area contributed by atoms with Crippen LogP contribution in [0.15, 0.2) is 60.3 Å². The minimum atomic E-state index is 0.0242. The van der Waals surface area contributed by atoms with E-state index in [0.717, 1.165) is 5.56 Å². The predicted octanol–water partition coefficient (Wildman–Crippen LogP) is 3.73. The Labute approximate surface area is 169 Å². The van der Waals surface area contributed by atoms with Crippen LogP contribution in [0.2, 0.25) is 0 Å². The fourth-order valence-electron chi connectivity index (χ4n) is 2.66. The molecule has 0 radical (unpaired) electrons. The van der Waals surface area contributed by atoms with E-state index in [1.165, 1.54) is 6.08 Å². The van der Waals surface area contributed by atoms with Gasteiger partial charge in [0.1, 0.15) is 30.0 Å².